The monoisotopic (exact) mass is 310 g/mol. The Bertz CT molecular complexity index is 846. The molecule has 0 bridgehead atoms. The normalized spacial score (nSPS) is 14.2. The summed E-state index contributed by atoms with van der Waals surface area (Å²) < 4.78 is 8.09. The average Bonchev–Trinajstić information content (AvgIpc) is 3.13. The minimum atomic E-state index is 0.597. The number of aromatic nitrogens is 3. The molecular weight excluding hydrogens is 288 g/mol. The number of aryl methyl sites for hydroxylation is 1. The lowest BCUT2D eigenvalue weighted by molar-refractivity contribution is 0.514. The van der Waals surface area contributed by atoms with E-state index in [0.717, 1.165) is 48.3 Å². The van der Waals surface area contributed by atoms with E-state index >= 15 is 0 Å². The van der Waals surface area contributed by atoms with E-state index in [2.05, 4.69) is 40.8 Å². The van der Waals surface area contributed by atoms with Crippen molar-refractivity contribution in [3.63, 3.8) is 0 Å². The fraction of sp³-hybridized carbons (Fsp3) is 0.444. The Morgan fingerprint density at radius 2 is 2.17 bits per heavy atom. The van der Waals surface area contributed by atoms with Gasteiger partial charge in [0.25, 0.3) is 6.01 Å². The fourth-order valence-electron chi connectivity index (χ4n) is 3.29. The molecule has 1 aliphatic rings. The topological polar surface area (TPSA) is 55.9 Å². The minimum absolute atomic E-state index is 0.597. The van der Waals surface area contributed by atoms with Crippen molar-refractivity contribution in [3.05, 3.63) is 29.7 Å². The Morgan fingerprint density at radius 1 is 1.26 bits per heavy atom. The van der Waals surface area contributed by atoms with Crippen molar-refractivity contribution in [2.75, 3.05) is 11.9 Å². The number of nitrogens with one attached hydrogen (secondary N) is 1. The molecule has 0 amide bonds. The molecule has 3 heterocycles. The molecule has 1 aliphatic heterocycles. The van der Waals surface area contributed by atoms with E-state index < -0.39 is 0 Å². The number of imidazole rings is 1. The molecule has 1 aromatic carbocycles. The van der Waals surface area contributed by atoms with Crippen molar-refractivity contribution in [1.29, 1.82) is 0 Å². The molecule has 2 aromatic heterocycles. The first-order valence-electron chi connectivity index (χ1n) is 8.47. The van der Waals surface area contributed by atoms with E-state index in [0.29, 0.717) is 6.01 Å². The van der Waals surface area contributed by atoms with Crippen molar-refractivity contribution < 1.29 is 4.42 Å². The predicted molar refractivity (Wildman–Crippen MR) is 91.7 cm³/mol. The molecular formula is C18H22N4O. The summed E-state index contributed by atoms with van der Waals surface area (Å²) in [5.74, 6) is 1.22. The van der Waals surface area contributed by atoms with Gasteiger partial charge in [0, 0.05) is 30.8 Å². The first kappa shape index (κ1) is 14.3. The number of hydrogen-bond donors (Lipinski definition) is 1. The number of benzene rings is 1. The zero-order chi connectivity index (χ0) is 15.8. The standard InChI is InChI=1S/C18H22N4O/c1-3-9-19-18-20-14-11-13(7-8-15(14)23-18)17-12(2)22-10-5-4-6-16(22)21-17/h7-8,11H,3-6,9-10H2,1-2H3,(H,19,20). The lowest BCUT2D eigenvalue weighted by atomic mass is 10.1. The first-order valence-corrected chi connectivity index (χ1v) is 8.47. The second-order valence-electron chi connectivity index (χ2n) is 6.20. The Morgan fingerprint density at radius 3 is 3.00 bits per heavy atom. The molecule has 0 atom stereocenters. The first-order chi connectivity index (χ1) is 11.3. The van der Waals surface area contributed by atoms with Gasteiger partial charge in [-0.1, -0.05) is 6.92 Å². The van der Waals surface area contributed by atoms with Crippen LogP contribution in [0, 0.1) is 6.92 Å². The quantitative estimate of drug-likeness (QED) is 0.786. The Kier molecular flexibility index (Phi) is 3.56. The molecule has 0 aliphatic carbocycles. The number of anilines is 1. The lowest BCUT2D eigenvalue weighted by Crippen LogP contribution is -2.11. The van der Waals surface area contributed by atoms with Gasteiger partial charge in [0.05, 0.1) is 5.69 Å². The highest BCUT2D eigenvalue weighted by Gasteiger charge is 2.18. The van der Waals surface area contributed by atoms with Crippen LogP contribution in [0.3, 0.4) is 0 Å². The molecule has 23 heavy (non-hydrogen) atoms. The van der Waals surface area contributed by atoms with Gasteiger partial charge in [-0.15, -0.1) is 0 Å². The Balaban J connectivity index is 1.73. The zero-order valence-corrected chi connectivity index (χ0v) is 13.7. The maximum atomic E-state index is 5.72. The number of nitrogens with zero attached hydrogens (tertiary/aromatic N) is 3. The number of oxazole rings is 1. The summed E-state index contributed by atoms with van der Waals surface area (Å²) in [6, 6.07) is 6.75. The van der Waals surface area contributed by atoms with Gasteiger partial charge in [0.1, 0.15) is 11.3 Å². The van der Waals surface area contributed by atoms with Crippen LogP contribution >= 0.6 is 0 Å². The van der Waals surface area contributed by atoms with Gasteiger partial charge >= 0.3 is 0 Å². The molecule has 5 nitrogen and oxygen atoms in total. The van der Waals surface area contributed by atoms with E-state index in [9.17, 15) is 0 Å². The highest BCUT2D eigenvalue weighted by molar-refractivity contribution is 5.81. The van der Waals surface area contributed by atoms with E-state index in [1.807, 2.05) is 6.07 Å². The van der Waals surface area contributed by atoms with Gasteiger partial charge < -0.3 is 14.3 Å². The van der Waals surface area contributed by atoms with Gasteiger partial charge in [-0.25, -0.2) is 4.98 Å². The van der Waals surface area contributed by atoms with Crippen LogP contribution in [0.2, 0.25) is 0 Å². The van der Waals surface area contributed by atoms with Gasteiger partial charge in [0.2, 0.25) is 0 Å². The SMILES string of the molecule is CCCNc1nc2cc(-c3nc4n(c3C)CCCC4)ccc2o1. The zero-order valence-electron chi connectivity index (χ0n) is 13.7. The van der Waals surface area contributed by atoms with Crippen molar-refractivity contribution in [3.8, 4) is 11.3 Å². The molecule has 0 radical (unpaired) electrons. The number of rotatable bonds is 4. The summed E-state index contributed by atoms with van der Waals surface area (Å²) >= 11 is 0. The van der Waals surface area contributed by atoms with Crippen LogP contribution in [0.15, 0.2) is 22.6 Å². The molecule has 5 heteroatoms. The summed E-state index contributed by atoms with van der Waals surface area (Å²) in [7, 11) is 0. The van der Waals surface area contributed by atoms with E-state index in [4.69, 9.17) is 9.40 Å². The smallest absolute Gasteiger partial charge is 0.295 e. The molecule has 1 N–H and O–H groups in total. The van der Waals surface area contributed by atoms with Crippen LogP contribution < -0.4 is 5.32 Å². The van der Waals surface area contributed by atoms with Gasteiger partial charge in [0.15, 0.2) is 5.58 Å². The van der Waals surface area contributed by atoms with Crippen molar-refractivity contribution in [1.82, 2.24) is 14.5 Å². The Labute approximate surface area is 135 Å². The van der Waals surface area contributed by atoms with E-state index in [1.165, 1.54) is 24.4 Å². The van der Waals surface area contributed by atoms with Crippen molar-refractivity contribution >= 4 is 17.1 Å². The maximum absolute atomic E-state index is 5.72. The molecule has 0 spiro atoms. The molecule has 0 saturated carbocycles. The van der Waals surface area contributed by atoms with Crippen LogP contribution in [-0.2, 0) is 13.0 Å². The third kappa shape index (κ3) is 2.50. The molecule has 3 aromatic rings. The van der Waals surface area contributed by atoms with Crippen LogP contribution in [0.4, 0.5) is 6.01 Å². The van der Waals surface area contributed by atoms with Crippen LogP contribution in [0.25, 0.3) is 22.4 Å². The molecule has 4 rings (SSSR count). The van der Waals surface area contributed by atoms with Crippen LogP contribution in [0.1, 0.15) is 37.7 Å². The second kappa shape index (κ2) is 5.72. The Hall–Kier alpha value is -2.30. The van der Waals surface area contributed by atoms with Crippen LogP contribution in [-0.4, -0.2) is 21.1 Å². The molecule has 0 fully saturated rings. The van der Waals surface area contributed by atoms with Crippen molar-refractivity contribution in [2.45, 2.75) is 46.1 Å². The third-order valence-corrected chi connectivity index (χ3v) is 4.52. The summed E-state index contributed by atoms with van der Waals surface area (Å²) in [6.45, 7) is 6.24. The highest BCUT2D eigenvalue weighted by Crippen LogP contribution is 2.30. The van der Waals surface area contributed by atoms with Crippen LogP contribution in [0.5, 0.6) is 0 Å². The van der Waals surface area contributed by atoms with Gasteiger partial charge in [-0.05, 0) is 44.4 Å². The highest BCUT2D eigenvalue weighted by atomic mass is 16.4. The fourth-order valence-corrected chi connectivity index (χ4v) is 3.29. The lowest BCUT2D eigenvalue weighted by Gasteiger charge is -2.14. The van der Waals surface area contributed by atoms with E-state index in [-0.39, 0.29) is 0 Å². The summed E-state index contributed by atoms with van der Waals surface area (Å²) in [5.41, 5.74) is 5.15. The maximum Gasteiger partial charge on any atom is 0.295 e. The molecule has 0 unspecified atom stereocenters. The molecule has 120 valence electrons. The predicted octanol–water partition coefficient (Wildman–Crippen LogP) is 4.16. The van der Waals surface area contributed by atoms with E-state index in [1.54, 1.807) is 0 Å². The minimum Gasteiger partial charge on any atom is -0.424 e. The second-order valence-corrected chi connectivity index (χ2v) is 6.20. The average molecular weight is 310 g/mol. The summed E-state index contributed by atoms with van der Waals surface area (Å²) in [5, 5.41) is 3.20. The van der Waals surface area contributed by atoms with Crippen molar-refractivity contribution in [2.24, 2.45) is 0 Å². The van der Waals surface area contributed by atoms with Gasteiger partial charge in [-0.2, -0.15) is 4.98 Å². The third-order valence-electron chi connectivity index (χ3n) is 4.52. The van der Waals surface area contributed by atoms with Gasteiger partial charge in [-0.3, -0.25) is 0 Å². The summed E-state index contributed by atoms with van der Waals surface area (Å²) in [6.07, 6.45) is 4.62. The summed E-state index contributed by atoms with van der Waals surface area (Å²) in [4.78, 5) is 9.41. The largest absolute Gasteiger partial charge is 0.424 e. The molecule has 0 saturated heterocycles. The number of hydrogen-bond acceptors (Lipinski definition) is 4. The number of fused-ring (bicyclic) bond motifs is 2.